The van der Waals surface area contributed by atoms with Crippen LogP contribution in [0.15, 0.2) is 65.1 Å². The predicted octanol–water partition coefficient (Wildman–Crippen LogP) is 7.05. The number of aromatic nitrogens is 4. The second kappa shape index (κ2) is 9.48. The molecule has 1 aliphatic rings. The number of anilines is 1. The number of hydrogen-bond acceptors (Lipinski definition) is 6. The second-order valence-electron chi connectivity index (χ2n) is 9.05. The number of amides is 1. The fraction of sp³-hybridized carbons (Fsp3) is 0.222. The maximum absolute atomic E-state index is 12.9. The number of halogens is 2. The zero-order valence-corrected chi connectivity index (χ0v) is 20.6. The number of hydrogen-bond donors (Lipinski definition) is 1. The van der Waals surface area contributed by atoms with Gasteiger partial charge in [0.05, 0.1) is 11.0 Å². The van der Waals surface area contributed by atoms with Crippen molar-refractivity contribution in [3.8, 4) is 11.6 Å². The predicted molar refractivity (Wildman–Crippen MR) is 140 cm³/mol. The third kappa shape index (κ3) is 4.64. The summed E-state index contributed by atoms with van der Waals surface area (Å²) in [6.45, 7) is 0. The molecular weight excluding hydrogens is 497 g/mol. The van der Waals surface area contributed by atoms with Gasteiger partial charge in [0.25, 0.3) is 5.89 Å². The van der Waals surface area contributed by atoms with E-state index in [0.717, 1.165) is 47.5 Å². The Bertz CT molecular complexity index is 1590. The number of pyridine rings is 2. The summed E-state index contributed by atoms with van der Waals surface area (Å²) < 4.78 is 5.99. The number of nitrogens with zero attached hydrogens (tertiary/aromatic N) is 4. The molecule has 180 valence electrons. The Balaban J connectivity index is 1.09. The maximum atomic E-state index is 12.9. The summed E-state index contributed by atoms with van der Waals surface area (Å²) in [6.07, 6.45) is 3.08. The Hall–Kier alpha value is -3.55. The van der Waals surface area contributed by atoms with Crippen LogP contribution in [0.4, 0.5) is 5.82 Å². The number of nitrogens with one attached hydrogen (secondary N) is 1. The monoisotopic (exact) mass is 517 g/mol. The summed E-state index contributed by atoms with van der Waals surface area (Å²) in [5.41, 5.74) is 2.23. The van der Waals surface area contributed by atoms with Gasteiger partial charge in [0.1, 0.15) is 11.5 Å². The van der Waals surface area contributed by atoms with E-state index in [4.69, 9.17) is 27.6 Å². The first kappa shape index (κ1) is 22.9. The lowest BCUT2D eigenvalue weighted by molar-refractivity contribution is -0.120. The van der Waals surface area contributed by atoms with Gasteiger partial charge in [0.15, 0.2) is 0 Å². The largest absolute Gasteiger partial charge is 0.419 e. The third-order valence-electron chi connectivity index (χ3n) is 6.66. The van der Waals surface area contributed by atoms with Crippen LogP contribution in [0.1, 0.15) is 37.5 Å². The summed E-state index contributed by atoms with van der Waals surface area (Å²) in [6, 6.07) is 18.5. The minimum atomic E-state index is -0.0830. The van der Waals surface area contributed by atoms with Crippen molar-refractivity contribution in [3.63, 3.8) is 0 Å². The molecular formula is C27H21Cl2N5O2. The topological polar surface area (TPSA) is 93.8 Å². The normalized spacial score (nSPS) is 17.9. The van der Waals surface area contributed by atoms with Crippen molar-refractivity contribution in [2.24, 2.45) is 5.92 Å². The van der Waals surface area contributed by atoms with E-state index in [1.54, 1.807) is 18.2 Å². The van der Waals surface area contributed by atoms with Gasteiger partial charge in [-0.2, -0.15) is 0 Å². The van der Waals surface area contributed by atoms with Crippen LogP contribution in [0.25, 0.3) is 33.4 Å². The third-order valence-corrected chi connectivity index (χ3v) is 7.13. The first-order valence-corrected chi connectivity index (χ1v) is 12.5. The first-order chi connectivity index (χ1) is 17.5. The van der Waals surface area contributed by atoms with Crippen LogP contribution in [0.2, 0.25) is 10.0 Å². The van der Waals surface area contributed by atoms with Gasteiger partial charge in [-0.3, -0.25) is 4.79 Å². The SMILES string of the molecule is O=C(Nc1ccc2cc(Cl)ccc2n1)[C@H]1CC[C@H](c2nnc(-c3ccc4cc(Cl)ccc4n3)o2)CC1. The molecule has 1 saturated carbocycles. The molecule has 1 aliphatic carbocycles. The van der Waals surface area contributed by atoms with Gasteiger partial charge in [-0.05, 0) is 80.3 Å². The molecule has 3 aromatic heterocycles. The van der Waals surface area contributed by atoms with Crippen molar-refractivity contribution in [1.82, 2.24) is 20.2 Å². The molecule has 0 spiro atoms. The number of carbonyl (C=O) groups is 1. The van der Waals surface area contributed by atoms with Crippen LogP contribution in [0.5, 0.6) is 0 Å². The lowest BCUT2D eigenvalue weighted by Crippen LogP contribution is -2.27. The van der Waals surface area contributed by atoms with Crippen molar-refractivity contribution in [3.05, 3.63) is 76.6 Å². The molecule has 0 unspecified atom stereocenters. The van der Waals surface area contributed by atoms with E-state index < -0.39 is 0 Å². The fourth-order valence-corrected chi connectivity index (χ4v) is 5.08. The minimum absolute atomic E-state index is 0.0130. The summed E-state index contributed by atoms with van der Waals surface area (Å²) in [5, 5.41) is 14.7. The van der Waals surface area contributed by atoms with Gasteiger partial charge in [0, 0.05) is 32.7 Å². The molecule has 0 atom stereocenters. The van der Waals surface area contributed by atoms with Crippen molar-refractivity contribution < 1.29 is 9.21 Å². The zero-order valence-electron chi connectivity index (χ0n) is 19.1. The van der Waals surface area contributed by atoms with Crippen molar-refractivity contribution in [2.75, 3.05) is 5.32 Å². The molecule has 7 nitrogen and oxygen atoms in total. The Morgan fingerprint density at radius 2 is 1.47 bits per heavy atom. The van der Waals surface area contributed by atoms with Gasteiger partial charge >= 0.3 is 0 Å². The fourth-order valence-electron chi connectivity index (χ4n) is 4.72. The van der Waals surface area contributed by atoms with E-state index in [0.29, 0.717) is 33.3 Å². The van der Waals surface area contributed by atoms with Crippen molar-refractivity contribution >= 4 is 56.7 Å². The Morgan fingerprint density at radius 1 is 0.806 bits per heavy atom. The van der Waals surface area contributed by atoms with E-state index in [9.17, 15) is 4.79 Å². The van der Waals surface area contributed by atoms with Crippen LogP contribution >= 0.6 is 23.2 Å². The molecule has 0 saturated heterocycles. The lowest BCUT2D eigenvalue weighted by Gasteiger charge is -2.25. The molecule has 3 heterocycles. The smallest absolute Gasteiger partial charge is 0.266 e. The van der Waals surface area contributed by atoms with Crippen LogP contribution in [-0.4, -0.2) is 26.1 Å². The molecule has 9 heteroatoms. The summed E-state index contributed by atoms with van der Waals surface area (Å²) >= 11 is 12.1. The van der Waals surface area contributed by atoms with E-state index in [1.807, 2.05) is 42.5 Å². The summed E-state index contributed by atoms with van der Waals surface area (Å²) in [5.74, 6) is 1.56. The molecule has 6 rings (SSSR count). The molecule has 1 N–H and O–H groups in total. The average molecular weight is 518 g/mol. The summed E-state index contributed by atoms with van der Waals surface area (Å²) in [7, 11) is 0. The van der Waals surface area contributed by atoms with Gasteiger partial charge < -0.3 is 9.73 Å². The molecule has 1 amide bonds. The van der Waals surface area contributed by atoms with E-state index in [1.165, 1.54) is 0 Å². The highest BCUT2D eigenvalue weighted by Crippen LogP contribution is 2.36. The van der Waals surface area contributed by atoms with Crippen molar-refractivity contribution in [1.29, 1.82) is 0 Å². The van der Waals surface area contributed by atoms with Crippen LogP contribution in [-0.2, 0) is 4.79 Å². The van der Waals surface area contributed by atoms with E-state index in [2.05, 4.69) is 25.5 Å². The van der Waals surface area contributed by atoms with E-state index >= 15 is 0 Å². The lowest BCUT2D eigenvalue weighted by atomic mass is 9.81. The number of benzene rings is 2. The number of carbonyl (C=O) groups excluding carboxylic acids is 1. The number of fused-ring (bicyclic) bond motifs is 2. The Morgan fingerprint density at radius 3 is 2.19 bits per heavy atom. The summed E-state index contributed by atoms with van der Waals surface area (Å²) in [4.78, 5) is 22.0. The second-order valence-corrected chi connectivity index (χ2v) is 9.92. The molecule has 0 bridgehead atoms. The molecule has 0 radical (unpaired) electrons. The Kier molecular flexibility index (Phi) is 6.03. The van der Waals surface area contributed by atoms with Gasteiger partial charge in [0.2, 0.25) is 11.8 Å². The van der Waals surface area contributed by atoms with Gasteiger partial charge in [-0.25, -0.2) is 9.97 Å². The molecule has 1 fully saturated rings. The molecule has 5 aromatic rings. The minimum Gasteiger partial charge on any atom is -0.419 e. The highest BCUT2D eigenvalue weighted by atomic mass is 35.5. The standard InChI is InChI=1S/C27H21Cl2N5O2/c28-19-7-10-21-17(13-19)5-9-23(30-21)27-34-33-26(36-27)16-3-1-15(2-4-16)25(35)32-24-12-6-18-14-20(29)8-11-22(18)31-24/h5-16H,1-4H2,(H,31,32,35)/t15-,16-. The average Bonchev–Trinajstić information content (AvgIpc) is 3.39. The molecule has 0 aliphatic heterocycles. The quantitative estimate of drug-likeness (QED) is 0.274. The van der Waals surface area contributed by atoms with Crippen LogP contribution < -0.4 is 5.32 Å². The molecule has 36 heavy (non-hydrogen) atoms. The highest BCUT2D eigenvalue weighted by Gasteiger charge is 2.30. The van der Waals surface area contributed by atoms with Crippen LogP contribution in [0, 0.1) is 5.92 Å². The maximum Gasteiger partial charge on any atom is 0.266 e. The number of rotatable bonds is 4. The van der Waals surface area contributed by atoms with Crippen molar-refractivity contribution in [2.45, 2.75) is 31.6 Å². The zero-order chi connectivity index (χ0) is 24.6. The van der Waals surface area contributed by atoms with Crippen LogP contribution in [0.3, 0.4) is 0 Å². The van der Waals surface area contributed by atoms with Gasteiger partial charge in [-0.1, -0.05) is 29.3 Å². The van der Waals surface area contributed by atoms with Gasteiger partial charge in [-0.15, -0.1) is 10.2 Å². The van der Waals surface area contributed by atoms with E-state index in [-0.39, 0.29) is 17.7 Å². The Labute approximate surface area is 216 Å². The first-order valence-electron chi connectivity index (χ1n) is 11.8. The highest BCUT2D eigenvalue weighted by molar-refractivity contribution is 6.31. The molecule has 2 aromatic carbocycles.